The number of aromatic amines is 1. The monoisotopic (exact) mass is 439 g/mol. The highest BCUT2D eigenvalue weighted by molar-refractivity contribution is 9.10. The van der Waals surface area contributed by atoms with Crippen LogP contribution in [-0.4, -0.2) is 23.2 Å². The van der Waals surface area contributed by atoms with Crippen LogP contribution >= 0.6 is 15.9 Å². The molecule has 1 aromatic heterocycles. The first kappa shape index (κ1) is 20.0. The second kappa shape index (κ2) is 8.49. The van der Waals surface area contributed by atoms with E-state index >= 15 is 0 Å². The lowest BCUT2D eigenvalue weighted by molar-refractivity contribution is 0.206. The van der Waals surface area contributed by atoms with E-state index in [0.717, 1.165) is 33.1 Å². The molecule has 0 amide bonds. The molecule has 144 valence electrons. The fraction of sp³-hybridized carbons (Fsp3) is 0.273. The molecule has 5 nitrogen and oxygen atoms in total. The van der Waals surface area contributed by atoms with E-state index in [1.54, 1.807) is 13.2 Å². The van der Waals surface area contributed by atoms with Gasteiger partial charge in [-0.15, -0.1) is 0 Å². The predicted molar refractivity (Wildman–Crippen MR) is 115 cm³/mol. The molecule has 3 aromatic rings. The van der Waals surface area contributed by atoms with Gasteiger partial charge in [0.15, 0.2) is 11.5 Å². The fourth-order valence-corrected chi connectivity index (χ4v) is 3.35. The largest absolute Gasteiger partial charge is 0.493 e. The van der Waals surface area contributed by atoms with Crippen LogP contribution < -0.4 is 9.47 Å². The molecule has 0 saturated carbocycles. The minimum Gasteiger partial charge on any atom is -0.493 e. The maximum Gasteiger partial charge on any atom is 0.175 e. The van der Waals surface area contributed by atoms with Gasteiger partial charge in [0.05, 0.1) is 34.3 Å². The van der Waals surface area contributed by atoms with Crippen LogP contribution in [0, 0.1) is 18.3 Å². The number of hydrogen-bond acceptors (Lipinski definition) is 4. The number of nitrogens with one attached hydrogen (secondary N) is 1. The molecule has 1 atom stereocenters. The fourth-order valence-electron chi connectivity index (χ4n) is 2.79. The number of nitriles is 1. The molecule has 0 spiro atoms. The Morgan fingerprint density at radius 1 is 1.36 bits per heavy atom. The molecule has 6 heteroatoms. The van der Waals surface area contributed by atoms with Crippen LogP contribution in [-0.2, 0) is 0 Å². The van der Waals surface area contributed by atoms with Crippen molar-refractivity contribution in [3.05, 3.63) is 51.8 Å². The van der Waals surface area contributed by atoms with Crippen LogP contribution in [0.5, 0.6) is 11.5 Å². The molecule has 0 aliphatic heterocycles. The maximum atomic E-state index is 9.68. The van der Waals surface area contributed by atoms with Crippen LogP contribution in [0.25, 0.3) is 22.7 Å². The zero-order chi connectivity index (χ0) is 20.3. The number of aromatic nitrogens is 2. The quantitative estimate of drug-likeness (QED) is 0.486. The van der Waals surface area contributed by atoms with Crippen LogP contribution in [0.2, 0.25) is 0 Å². The van der Waals surface area contributed by atoms with Gasteiger partial charge < -0.3 is 14.5 Å². The van der Waals surface area contributed by atoms with Crippen molar-refractivity contribution in [2.24, 2.45) is 0 Å². The Morgan fingerprint density at radius 3 is 2.82 bits per heavy atom. The summed E-state index contributed by atoms with van der Waals surface area (Å²) in [4.78, 5) is 7.77. The minimum atomic E-state index is 0.0697. The lowest BCUT2D eigenvalue weighted by Gasteiger charge is -2.17. The predicted octanol–water partition coefficient (Wildman–Crippen LogP) is 5.88. The van der Waals surface area contributed by atoms with E-state index in [1.165, 1.54) is 0 Å². The smallest absolute Gasteiger partial charge is 0.175 e. The zero-order valence-corrected chi connectivity index (χ0v) is 17.9. The molecule has 0 bridgehead atoms. The van der Waals surface area contributed by atoms with Crippen molar-refractivity contribution in [2.45, 2.75) is 33.3 Å². The highest BCUT2D eigenvalue weighted by atomic mass is 79.9. The van der Waals surface area contributed by atoms with Crippen LogP contribution in [0.4, 0.5) is 0 Å². The number of imidazole rings is 1. The van der Waals surface area contributed by atoms with Gasteiger partial charge in [0.25, 0.3) is 0 Å². The van der Waals surface area contributed by atoms with Crippen molar-refractivity contribution in [3.8, 4) is 17.6 Å². The third-order valence-corrected chi connectivity index (χ3v) is 5.06. The first-order valence-electron chi connectivity index (χ1n) is 9.07. The Labute approximate surface area is 173 Å². The third kappa shape index (κ3) is 4.20. The van der Waals surface area contributed by atoms with E-state index in [1.807, 2.05) is 44.2 Å². The SMILES string of the molecule is CC[C@H](C)Oc1c(Br)cc(/C=C(/C#N)c2nc3ccc(C)cc3[nH]2)cc1OC. The Kier molecular flexibility index (Phi) is 6.05. The van der Waals surface area contributed by atoms with Crippen molar-refractivity contribution in [1.29, 1.82) is 5.26 Å². The number of ether oxygens (including phenoxy) is 2. The van der Waals surface area contributed by atoms with E-state index in [0.29, 0.717) is 22.9 Å². The molecule has 1 N–H and O–H groups in total. The van der Waals surface area contributed by atoms with E-state index in [4.69, 9.17) is 9.47 Å². The zero-order valence-electron chi connectivity index (χ0n) is 16.3. The summed E-state index contributed by atoms with van der Waals surface area (Å²) in [5.41, 5.74) is 4.13. The van der Waals surface area contributed by atoms with Crippen molar-refractivity contribution >= 4 is 38.6 Å². The number of methoxy groups -OCH3 is 1. The number of H-pyrrole nitrogens is 1. The summed E-state index contributed by atoms with van der Waals surface area (Å²) in [5, 5.41) is 9.68. The first-order valence-corrected chi connectivity index (χ1v) is 9.87. The van der Waals surface area contributed by atoms with Crippen LogP contribution in [0.1, 0.15) is 37.2 Å². The number of rotatable bonds is 6. The normalized spacial score (nSPS) is 12.6. The van der Waals surface area contributed by atoms with Gasteiger partial charge in [0, 0.05) is 0 Å². The lowest BCUT2D eigenvalue weighted by Crippen LogP contribution is -2.11. The number of fused-ring (bicyclic) bond motifs is 1. The molecular weight excluding hydrogens is 418 g/mol. The second-order valence-corrected chi connectivity index (χ2v) is 7.50. The molecule has 0 radical (unpaired) electrons. The van der Waals surface area contributed by atoms with Crippen molar-refractivity contribution in [1.82, 2.24) is 9.97 Å². The number of aryl methyl sites for hydroxylation is 1. The van der Waals surface area contributed by atoms with Gasteiger partial charge in [0.2, 0.25) is 0 Å². The Morgan fingerprint density at radius 2 is 2.14 bits per heavy atom. The summed E-state index contributed by atoms with van der Waals surface area (Å²) in [5.74, 6) is 1.81. The first-order chi connectivity index (χ1) is 13.4. The van der Waals surface area contributed by atoms with E-state index in [-0.39, 0.29) is 6.10 Å². The molecule has 0 aliphatic carbocycles. The molecule has 28 heavy (non-hydrogen) atoms. The number of hydrogen-bond donors (Lipinski definition) is 1. The number of benzene rings is 2. The molecule has 3 rings (SSSR count). The maximum absolute atomic E-state index is 9.68. The lowest BCUT2D eigenvalue weighted by atomic mass is 10.1. The third-order valence-electron chi connectivity index (χ3n) is 4.47. The Bertz CT molecular complexity index is 1080. The van der Waals surface area contributed by atoms with Crippen LogP contribution in [0.3, 0.4) is 0 Å². The minimum absolute atomic E-state index is 0.0697. The summed E-state index contributed by atoms with van der Waals surface area (Å²) >= 11 is 3.56. The van der Waals surface area contributed by atoms with Gasteiger partial charge in [-0.3, -0.25) is 0 Å². The molecule has 0 fully saturated rings. The molecule has 0 saturated heterocycles. The van der Waals surface area contributed by atoms with Crippen LogP contribution in [0.15, 0.2) is 34.8 Å². The highest BCUT2D eigenvalue weighted by Gasteiger charge is 2.15. The van der Waals surface area contributed by atoms with Gasteiger partial charge >= 0.3 is 0 Å². The van der Waals surface area contributed by atoms with Gasteiger partial charge in [-0.05, 0) is 77.7 Å². The average Bonchev–Trinajstić information content (AvgIpc) is 3.10. The molecule has 0 aliphatic rings. The van der Waals surface area contributed by atoms with Gasteiger partial charge in [-0.2, -0.15) is 5.26 Å². The van der Waals surface area contributed by atoms with E-state index in [9.17, 15) is 5.26 Å². The van der Waals surface area contributed by atoms with Gasteiger partial charge in [-0.1, -0.05) is 13.0 Å². The Hall–Kier alpha value is -2.78. The average molecular weight is 440 g/mol. The number of nitrogens with zero attached hydrogens (tertiary/aromatic N) is 2. The summed E-state index contributed by atoms with van der Waals surface area (Å²) in [7, 11) is 1.60. The highest BCUT2D eigenvalue weighted by Crippen LogP contribution is 2.38. The van der Waals surface area contributed by atoms with E-state index < -0.39 is 0 Å². The summed E-state index contributed by atoms with van der Waals surface area (Å²) in [6.45, 7) is 6.10. The van der Waals surface area contributed by atoms with Crippen molar-refractivity contribution in [3.63, 3.8) is 0 Å². The standard InChI is InChI=1S/C22H22BrN3O2/c1-5-14(3)28-21-17(23)10-15(11-20(21)27-4)9-16(12-24)22-25-18-7-6-13(2)8-19(18)26-22/h6-11,14H,5H2,1-4H3,(H,25,26)/b16-9-/t14-/m0/s1. The van der Waals surface area contributed by atoms with E-state index in [2.05, 4.69) is 38.9 Å². The molecule has 0 unspecified atom stereocenters. The number of halogens is 1. The van der Waals surface area contributed by atoms with Crippen molar-refractivity contribution in [2.75, 3.05) is 7.11 Å². The van der Waals surface area contributed by atoms with Gasteiger partial charge in [-0.25, -0.2) is 4.98 Å². The summed E-state index contributed by atoms with van der Waals surface area (Å²) < 4.78 is 12.2. The molecule has 2 aromatic carbocycles. The Balaban J connectivity index is 2.02. The second-order valence-electron chi connectivity index (χ2n) is 6.65. The number of allylic oxidation sites excluding steroid dienone is 1. The van der Waals surface area contributed by atoms with Gasteiger partial charge in [0.1, 0.15) is 11.9 Å². The molecular formula is C22H22BrN3O2. The van der Waals surface area contributed by atoms with Crippen molar-refractivity contribution < 1.29 is 9.47 Å². The topological polar surface area (TPSA) is 70.9 Å². The summed E-state index contributed by atoms with van der Waals surface area (Å²) in [6, 6.07) is 12.0. The summed E-state index contributed by atoms with van der Waals surface area (Å²) in [6.07, 6.45) is 2.74. The molecule has 1 heterocycles.